The minimum Gasteiger partial charge on any atom is -0.347 e. The number of hydrogen-bond donors (Lipinski definition) is 1. The Morgan fingerprint density at radius 3 is 2.46 bits per heavy atom. The van der Waals surface area contributed by atoms with Crippen molar-refractivity contribution in [1.29, 1.82) is 0 Å². The fourth-order valence-electron chi connectivity index (χ4n) is 2.42. The summed E-state index contributed by atoms with van der Waals surface area (Å²) in [5.41, 5.74) is 2.58. The van der Waals surface area contributed by atoms with Crippen LogP contribution in [0.1, 0.15) is 18.1 Å². The summed E-state index contributed by atoms with van der Waals surface area (Å²) in [6, 6.07) is 13.4. The molecule has 5 heteroatoms. The van der Waals surface area contributed by atoms with Crippen molar-refractivity contribution in [3.05, 3.63) is 65.5 Å². The predicted molar refractivity (Wildman–Crippen MR) is 92.3 cm³/mol. The SMILES string of the molecule is CCN(C(=O)CNC(=O)Cc1ccc(F)cc1)c1cccc(C)c1. The Labute approximate surface area is 141 Å². The highest BCUT2D eigenvalue weighted by Gasteiger charge is 2.15. The van der Waals surface area contributed by atoms with Gasteiger partial charge in [-0.15, -0.1) is 0 Å². The third-order valence-corrected chi connectivity index (χ3v) is 3.65. The molecule has 0 bridgehead atoms. The van der Waals surface area contributed by atoms with E-state index in [9.17, 15) is 14.0 Å². The number of nitrogens with zero attached hydrogens (tertiary/aromatic N) is 1. The quantitative estimate of drug-likeness (QED) is 0.886. The molecule has 24 heavy (non-hydrogen) atoms. The molecule has 2 rings (SSSR count). The van der Waals surface area contributed by atoms with Gasteiger partial charge < -0.3 is 10.2 Å². The predicted octanol–water partition coefficient (Wildman–Crippen LogP) is 2.85. The molecule has 4 nitrogen and oxygen atoms in total. The zero-order valence-corrected chi connectivity index (χ0v) is 13.9. The number of rotatable bonds is 6. The molecule has 2 aromatic rings. The van der Waals surface area contributed by atoms with Gasteiger partial charge in [-0.05, 0) is 49.2 Å². The van der Waals surface area contributed by atoms with Crippen LogP contribution in [0.4, 0.5) is 10.1 Å². The lowest BCUT2D eigenvalue weighted by molar-refractivity contribution is -0.124. The number of carbonyl (C=O) groups excluding carboxylic acids is 2. The molecule has 126 valence electrons. The number of aryl methyl sites for hydroxylation is 1. The van der Waals surface area contributed by atoms with Crippen molar-refractivity contribution >= 4 is 17.5 Å². The standard InChI is InChI=1S/C19H21FN2O2/c1-3-22(17-6-4-5-14(2)11-17)19(24)13-21-18(23)12-15-7-9-16(20)10-8-15/h4-11H,3,12-13H2,1-2H3,(H,21,23). The Morgan fingerprint density at radius 2 is 1.83 bits per heavy atom. The van der Waals surface area contributed by atoms with Gasteiger partial charge in [-0.3, -0.25) is 9.59 Å². The second-order valence-electron chi connectivity index (χ2n) is 5.56. The first-order chi connectivity index (χ1) is 11.5. The number of likely N-dealkylation sites (N-methyl/N-ethyl adjacent to an activating group) is 1. The lowest BCUT2D eigenvalue weighted by Crippen LogP contribution is -2.40. The fraction of sp³-hybridized carbons (Fsp3) is 0.263. The maximum absolute atomic E-state index is 12.8. The molecule has 0 aliphatic heterocycles. The van der Waals surface area contributed by atoms with E-state index in [4.69, 9.17) is 0 Å². The summed E-state index contributed by atoms with van der Waals surface area (Å²) < 4.78 is 12.8. The molecule has 0 saturated carbocycles. The van der Waals surface area contributed by atoms with E-state index in [0.29, 0.717) is 12.1 Å². The van der Waals surface area contributed by atoms with Crippen LogP contribution in [0.3, 0.4) is 0 Å². The lowest BCUT2D eigenvalue weighted by atomic mass is 10.1. The third kappa shape index (κ3) is 4.91. The number of amides is 2. The Bertz CT molecular complexity index is 714. The van der Waals surface area contributed by atoms with Crippen molar-refractivity contribution in [2.24, 2.45) is 0 Å². The van der Waals surface area contributed by atoms with Crippen LogP contribution in [-0.4, -0.2) is 24.9 Å². The first-order valence-electron chi connectivity index (χ1n) is 7.87. The Kier molecular flexibility index (Phi) is 6.07. The Balaban J connectivity index is 1.91. The number of anilines is 1. The van der Waals surface area contributed by atoms with Gasteiger partial charge in [0.25, 0.3) is 0 Å². The Morgan fingerprint density at radius 1 is 1.12 bits per heavy atom. The largest absolute Gasteiger partial charge is 0.347 e. The zero-order chi connectivity index (χ0) is 17.5. The van der Waals surface area contributed by atoms with Gasteiger partial charge in [0, 0.05) is 12.2 Å². The average Bonchev–Trinajstić information content (AvgIpc) is 2.56. The molecule has 0 aromatic heterocycles. The highest BCUT2D eigenvalue weighted by molar-refractivity contribution is 5.96. The minimum atomic E-state index is -0.342. The number of halogens is 1. The van der Waals surface area contributed by atoms with E-state index in [1.165, 1.54) is 12.1 Å². The third-order valence-electron chi connectivity index (χ3n) is 3.65. The highest BCUT2D eigenvalue weighted by Crippen LogP contribution is 2.15. The van der Waals surface area contributed by atoms with Gasteiger partial charge >= 0.3 is 0 Å². The van der Waals surface area contributed by atoms with E-state index in [2.05, 4.69) is 5.32 Å². The van der Waals surface area contributed by atoms with Crippen LogP contribution < -0.4 is 10.2 Å². The molecule has 0 aliphatic carbocycles. The monoisotopic (exact) mass is 328 g/mol. The van der Waals surface area contributed by atoms with Gasteiger partial charge in [0.1, 0.15) is 5.82 Å². The van der Waals surface area contributed by atoms with Gasteiger partial charge in [0.2, 0.25) is 11.8 Å². The number of nitrogens with one attached hydrogen (secondary N) is 1. The summed E-state index contributed by atoms with van der Waals surface area (Å²) in [6.45, 7) is 4.31. The van der Waals surface area contributed by atoms with Crippen molar-refractivity contribution in [2.45, 2.75) is 20.3 Å². The molecule has 0 radical (unpaired) electrons. The first kappa shape index (κ1) is 17.7. The molecule has 0 spiro atoms. The first-order valence-corrected chi connectivity index (χ1v) is 7.87. The summed E-state index contributed by atoms with van der Waals surface area (Å²) in [5.74, 6) is -0.781. The molecular weight excluding hydrogens is 307 g/mol. The fourth-order valence-corrected chi connectivity index (χ4v) is 2.42. The van der Waals surface area contributed by atoms with E-state index in [1.807, 2.05) is 38.1 Å². The Hall–Kier alpha value is -2.69. The second kappa shape index (κ2) is 8.24. The van der Waals surface area contributed by atoms with Gasteiger partial charge in [-0.2, -0.15) is 0 Å². The van der Waals surface area contributed by atoms with E-state index in [-0.39, 0.29) is 30.6 Å². The molecule has 0 atom stereocenters. The van der Waals surface area contributed by atoms with Gasteiger partial charge in [-0.1, -0.05) is 24.3 Å². The average molecular weight is 328 g/mol. The molecule has 2 aromatic carbocycles. The molecule has 1 N–H and O–H groups in total. The van der Waals surface area contributed by atoms with Crippen LogP contribution >= 0.6 is 0 Å². The topological polar surface area (TPSA) is 49.4 Å². The van der Waals surface area contributed by atoms with Gasteiger partial charge in [-0.25, -0.2) is 4.39 Å². The number of benzene rings is 2. The summed E-state index contributed by atoms with van der Waals surface area (Å²) in [7, 11) is 0. The molecule has 0 saturated heterocycles. The molecule has 0 unspecified atom stereocenters. The second-order valence-corrected chi connectivity index (χ2v) is 5.56. The van der Waals surface area contributed by atoms with Crippen LogP contribution in [0.5, 0.6) is 0 Å². The summed E-state index contributed by atoms with van der Waals surface area (Å²) >= 11 is 0. The lowest BCUT2D eigenvalue weighted by Gasteiger charge is -2.21. The van der Waals surface area contributed by atoms with Crippen molar-refractivity contribution in [3.8, 4) is 0 Å². The van der Waals surface area contributed by atoms with Crippen molar-refractivity contribution in [2.75, 3.05) is 18.0 Å². The molecule has 0 heterocycles. The van der Waals surface area contributed by atoms with Gasteiger partial charge in [0.15, 0.2) is 0 Å². The van der Waals surface area contributed by atoms with Crippen molar-refractivity contribution in [3.63, 3.8) is 0 Å². The minimum absolute atomic E-state index is 0.0676. The van der Waals surface area contributed by atoms with Crippen LogP contribution in [0.15, 0.2) is 48.5 Å². The van der Waals surface area contributed by atoms with E-state index in [1.54, 1.807) is 17.0 Å². The molecule has 0 fully saturated rings. The summed E-state index contributed by atoms with van der Waals surface area (Å²) in [5, 5.41) is 2.62. The summed E-state index contributed by atoms with van der Waals surface area (Å²) in [6.07, 6.45) is 0.115. The highest BCUT2D eigenvalue weighted by atomic mass is 19.1. The molecule has 0 aliphatic rings. The van der Waals surface area contributed by atoms with Crippen molar-refractivity contribution in [1.82, 2.24) is 5.32 Å². The van der Waals surface area contributed by atoms with E-state index < -0.39 is 0 Å². The summed E-state index contributed by atoms with van der Waals surface area (Å²) in [4.78, 5) is 25.9. The van der Waals surface area contributed by atoms with Gasteiger partial charge in [0.05, 0.1) is 13.0 Å². The molecular formula is C19H21FN2O2. The maximum atomic E-state index is 12.8. The normalized spacial score (nSPS) is 10.3. The van der Waals surface area contributed by atoms with Crippen LogP contribution in [-0.2, 0) is 16.0 Å². The van der Waals surface area contributed by atoms with E-state index >= 15 is 0 Å². The van der Waals surface area contributed by atoms with Crippen LogP contribution in [0.2, 0.25) is 0 Å². The number of carbonyl (C=O) groups is 2. The maximum Gasteiger partial charge on any atom is 0.246 e. The van der Waals surface area contributed by atoms with Crippen LogP contribution in [0, 0.1) is 12.7 Å². The zero-order valence-electron chi connectivity index (χ0n) is 13.9. The van der Waals surface area contributed by atoms with E-state index in [0.717, 1.165) is 11.3 Å². The smallest absolute Gasteiger partial charge is 0.246 e. The van der Waals surface area contributed by atoms with Crippen molar-refractivity contribution < 1.29 is 14.0 Å². The number of hydrogen-bond acceptors (Lipinski definition) is 2. The van der Waals surface area contributed by atoms with Crippen LogP contribution in [0.25, 0.3) is 0 Å². The molecule has 2 amide bonds.